The van der Waals surface area contributed by atoms with Gasteiger partial charge < -0.3 is 0 Å². The van der Waals surface area contributed by atoms with E-state index in [1.54, 1.807) is 0 Å². The van der Waals surface area contributed by atoms with Crippen molar-refractivity contribution < 1.29 is 18.0 Å². The van der Waals surface area contributed by atoms with Crippen LogP contribution in [0.15, 0.2) is 6.07 Å². The average Bonchev–Trinajstić information content (AvgIpc) is 2.08. The molecule has 0 saturated heterocycles. The zero-order valence-corrected chi connectivity index (χ0v) is 9.31. The lowest BCUT2D eigenvalue weighted by molar-refractivity contribution is 0.106. The van der Waals surface area contributed by atoms with Crippen LogP contribution in [0, 0.1) is 9.52 Å². The van der Waals surface area contributed by atoms with E-state index in [2.05, 4.69) is 4.98 Å². The molecule has 1 rings (SSSR count). The van der Waals surface area contributed by atoms with Gasteiger partial charge in [-0.25, -0.2) is 18.2 Å². The highest BCUT2D eigenvalue weighted by Gasteiger charge is 2.21. The Morgan fingerprint density at radius 2 is 2.14 bits per heavy atom. The quantitative estimate of drug-likeness (QED) is 0.472. The molecule has 2 nitrogen and oxygen atoms in total. The van der Waals surface area contributed by atoms with E-state index in [0.717, 1.165) is 0 Å². The van der Waals surface area contributed by atoms with Crippen molar-refractivity contribution in [1.29, 1.82) is 0 Å². The van der Waals surface area contributed by atoms with Crippen LogP contribution >= 0.6 is 34.2 Å². The number of alkyl halides is 2. The summed E-state index contributed by atoms with van der Waals surface area (Å²) in [6, 6.07) is 0.658. The molecule has 0 aromatic carbocycles. The Kier molecular flexibility index (Phi) is 3.71. The molecule has 0 amide bonds. The summed E-state index contributed by atoms with van der Waals surface area (Å²) in [6.07, 6.45) is -2.96. The van der Waals surface area contributed by atoms with Gasteiger partial charge in [-0.3, -0.25) is 4.79 Å². The van der Waals surface area contributed by atoms with Crippen LogP contribution in [0.25, 0.3) is 0 Å². The van der Waals surface area contributed by atoms with Crippen LogP contribution in [0.3, 0.4) is 0 Å². The number of aromatic nitrogens is 1. The number of rotatable bonds is 2. The Morgan fingerprint density at radius 1 is 1.57 bits per heavy atom. The van der Waals surface area contributed by atoms with Crippen molar-refractivity contribution in [2.24, 2.45) is 0 Å². The van der Waals surface area contributed by atoms with E-state index in [1.807, 2.05) is 0 Å². The molecule has 0 N–H and O–H groups in total. The van der Waals surface area contributed by atoms with Crippen LogP contribution in [-0.2, 0) is 0 Å². The van der Waals surface area contributed by atoms with E-state index in [4.69, 9.17) is 11.6 Å². The molecule has 0 aliphatic heterocycles. The van der Waals surface area contributed by atoms with Gasteiger partial charge in [-0.1, -0.05) is 0 Å². The minimum absolute atomic E-state index is 0.223. The second kappa shape index (κ2) is 4.43. The van der Waals surface area contributed by atoms with Crippen molar-refractivity contribution >= 4 is 39.4 Å². The van der Waals surface area contributed by atoms with Gasteiger partial charge in [-0.05, 0) is 40.3 Å². The fourth-order valence-electron chi connectivity index (χ4n) is 0.803. The minimum Gasteiger partial charge on any atom is -0.276 e. The summed E-state index contributed by atoms with van der Waals surface area (Å²) in [6.45, 7) is 0. The molecule has 0 aliphatic rings. The lowest BCUT2D eigenvalue weighted by atomic mass is 10.2. The molecule has 1 aromatic rings. The third kappa shape index (κ3) is 2.35. The van der Waals surface area contributed by atoms with Crippen molar-refractivity contribution in [3.8, 4) is 0 Å². The molecule has 7 heteroatoms. The van der Waals surface area contributed by atoms with Crippen LogP contribution in [0.4, 0.5) is 13.2 Å². The van der Waals surface area contributed by atoms with E-state index >= 15 is 0 Å². The van der Waals surface area contributed by atoms with Crippen molar-refractivity contribution in [2.45, 2.75) is 6.43 Å². The molecule has 76 valence electrons. The molecule has 0 aliphatic carbocycles. The zero-order valence-electron chi connectivity index (χ0n) is 6.40. The Hall–Kier alpha value is -0.370. The Morgan fingerprint density at radius 3 is 2.57 bits per heavy atom. The van der Waals surface area contributed by atoms with Gasteiger partial charge in [0.05, 0.1) is 5.56 Å². The summed E-state index contributed by atoms with van der Waals surface area (Å²) in [4.78, 5) is 13.9. The van der Waals surface area contributed by atoms with Crippen LogP contribution < -0.4 is 0 Å². The normalized spacial score (nSPS) is 10.7. The summed E-state index contributed by atoms with van der Waals surface area (Å²) in [5, 5.41) is -1.15. The number of nitrogens with zero attached hydrogens (tertiary/aromatic N) is 1. The van der Waals surface area contributed by atoms with E-state index in [9.17, 15) is 18.0 Å². The van der Waals surface area contributed by atoms with Crippen LogP contribution in [-0.4, -0.2) is 10.2 Å². The smallest absolute Gasteiger partial charge is 0.276 e. The second-order valence-corrected chi connectivity index (χ2v) is 3.63. The molecule has 0 radical (unpaired) electrons. The van der Waals surface area contributed by atoms with Crippen molar-refractivity contribution in [1.82, 2.24) is 4.98 Å². The largest absolute Gasteiger partial charge is 0.281 e. The third-order valence-electron chi connectivity index (χ3n) is 1.38. The Balaban J connectivity index is 3.39. The van der Waals surface area contributed by atoms with Gasteiger partial charge in [0.2, 0.25) is 0 Å². The minimum atomic E-state index is -2.96. The molecule has 0 bridgehead atoms. The van der Waals surface area contributed by atoms with Gasteiger partial charge in [-0.2, -0.15) is 0 Å². The molecular weight excluding hydrogens is 333 g/mol. The molecule has 0 atom stereocenters. The number of pyridine rings is 1. The Bertz CT molecular complexity index is 385. The lowest BCUT2D eigenvalue weighted by Gasteiger charge is -2.04. The monoisotopic (exact) mass is 335 g/mol. The van der Waals surface area contributed by atoms with Gasteiger partial charge in [0.1, 0.15) is 9.39 Å². The molecule has 1 aromatic heterocycles. The Labute approximate surface area is 95.6 Å². The molecule has 1 heterocycles. The van der Waals surface area contributed by atoms with E-state index in [1.165, 1.54) is 22.6 Å². The summed E-state index contributed by atoms with van der Waals surface area (Å²) < 4.78 is 37.2. The lowest BCUT2D eigenvalue weighted by Crippen LogP contribution is -2.05. The first-order valence-corrected chi connectivity index (χ1v) is 4.73. The number of halogens is 5. The SMILES string of the molecule is O=C(Cl)c1cc(F)c(I)nc1C(F)F. The van der Waals surface area contributed by atoms with E-state index in [-0.39, 0.29) is 3.70 Å². The van der Waals surface area contributed by atoms with Crippen LogP contribution in [0.5, 0.6) is 0 Å². The highest BCUT2D eigenvalue weighted by molar-refractivity contribution is 14.1. The van der Waals surface area contributed by atoms with Gasteiger partial charge in [0, 0.05) is 0 Å². The van der Waals surface area contributed by atoms with Crippen molar-refractivity contribution in [3.05, 3.63) is 26.8 Å². The predicted molar refractivity (Wildman–Crippen MR) is 52.1 cm³/mol. The molecule has 0 fully saturated rings. The molecule has 0 unspecified atom stereocenters. The molecule has 0 saturated carbocycles. The van der Waals surface area contributed by atoms with Gasteiger partial charge in [0.15, 0.2) is 5.82 Å². The summed E-state index contributed by atoms with van der Waals surface area (Å²) in [7, 11) is 0. The fourth-order valence-corrected chi connectivity index (χ4v) is 1.37. The second-order valence-electron chi connectivity index (χ2n) is 2.27. The number of hydrogen-bond acceptors (Lipinski definition) is 2. The van der Waals surface area contributed by atoms with Crippen molar-refractivity contribution in [3.63, 3.8) is 0 Å². The first-order valence-electron chi connectivity index (χ1n) is 3.27. The first-order chi connectivity index (χ1) is 6.43. The summed E-state index contributed by atoms with van der Waals surface area (Å²) in [5.41, 5.74) is -1.39. The van der Waals surface area contributed by atoms with E-state index in [0.29, 0.717) is 6.07 Å². The number of hydrogen-bond donors (Lipinski definition) is 0. The molecule has 14 heavy (non-hydrogen) atoms. The highest BCUT2D eigenvalue weighted by atomic mass is 127. The number of carbonyl (C=O) groups is 1. The van der Waals surface area contributed by atoms with Gasteiger partial charge in [-0.15, -0.1) is 0 Å². The first kappa shape index (κ1) is 11.7. The summed E-state index contributed by atoms with van der Waals surface area (Å²) in [5.74, 6) is -0.848. The summed E-state index contributed by atoms with van der Waals surface area (Å²) >= 11 is 6.44. The maximum Gasteiger partial charge on any atom is 0.281 e. The maximum atomic E-state index is 12.9. The highest BCUT2D eigenvalue weighted by Crippen LogP contribution is 2.24. The molecule has 0 spiro atoms. The van der Waals surface area contributed by atoms with Gasteiger partial charge >= 0.3 is 0 Å². The van der Waals surface area contributed by atoms with Crippen LogP contribution in [0.1, 0.15) is 22.5 Å². The van der Waals surface area contributed by atoms with E-state index < -0.39 is 28.7 Å². The molecular formula is C7H2ClF3INO. The predicted octanol–water partition coefficient (Wildman–Crippen LogP) is 3.14. The number of carbonyl (C=O) groups excluding carboxylic acids is 1. The third-order valence-corrected chi connectivity index (χ3v) is 2.34. The van der Waals surface area contributed by atoms with Gasteiger partial charge in [0.25, 0.3) is 11.7 Å². The van der Waals surface area contributed by atoms with Crippen LogP contribution in [0.2, 0.25) is 0 Å². The van der Waals surface area contributed by atoms with Crippen molar-refractivity contribution in [2.75, 3.05) is 0 Å². The standard InChI is InChI=1S/C7H2ClF3INO/c8-5(14)2-1-3(9)7(12)13-4(2)6(10)11/h1,6H. The average molecular weight is 335 g/mol. The zero-order chi connectivity index (χ0) is 10.9. The topological polar surface area (TPSA) is 30.0 Å². The maximum absolute atomic E-state index is 12.9. The fraction of sp³-hybridized carbons (Fsp3) is 0.143.